The van der Waals surface area contributed by atoms with Crippen molar-refractivity contribution in [2.75, 3.05) is 12.8 Å². The number of imidazole rings is 1. The van der Waals surface area contributed by atoms with E-state index in [4.69, 9.17) is 5.73 Å². The molecule has 2 aromatic heterocycles. The van der Waals surface area contributed by atoms with Gasteiger partial charge in [-0.25, -0.2) is 9.78 Å². The van der Waals surface area contributed by atoms with Crippen LogP contribution in [-0.4, -0.2) is 22.5 Å². The number of fused-ring (bicyclic) bond motifs is 1. The first-order valence-electron chi connectivity index (χ1n) is 4.46. The third kappa shape index (κ3) is 1.41. The van der Waals surface area contributed by atoms with E-state index in [2.05, 4.69) is 9.72 Å². The van der Waals surface area contributed by atoms with E-state index in [9.17, 15) is 4.79 Å². The number of rotatable bonds is 1. The van der Waals surface area contributed by atoms with Crippen molar-refractivity contribution < 1.29 is 9.53 Å². The van der Waals surface area contributed by atoms with Crippen molar-refractivity contribution in [3.05, 3.63) is 29.7 Å². The van der Waals surface area contributed by atoms with E-state index in [0.29, 0.717) is 22.7 Å². The maximum atomic E-state index is 11.5. The zero-order chi connectivity index (χ0) is 11.0. The molecule has 0 saturated heterocycles. The van der Waals surface area contributed by atoms with Gasteiger partial charge >= 0.3 is 5.97 Å². The van der Waals surface area contributed by atoms with Crippen LogP contribution < -0.4 is 5.73 Å². The van der Waals surface area contributed by atoms with Gasteiger partial charge in [0.15, 0.2) is 5.69 Å². The van der Waals surface area contributed by atoms with Gasteiger partial charge in [-0.05, 0) is 19.1 Å². The maximum Gasteiger partial charge on any atom is 0.356 e. The summed E-state index contributed by atoms with van der Waals surface area (Å²) in [5.41, 5.74) is 7.95. The number of ether oxygens (including phenoxy) is 1. The number of anilines is 1. The summed E-state index contributed by atoms with van der Waals surface area (Å²) in [5, 5.41) is 0. The molecule has 0 bridgehead atoms. The van der Waals surface area contributed by atoms with Crippen LogP contribution in [0.15, 0.2) is 18.3 Å². The van der Waals surface area contributed by atoms with Gasteiger partial charge in [-0.2, -0.15) is 0 Å². The topological polar surface area (TPSA) is 69.6 Å². The lowest BCUT2D eigenvalue weighted by Gasteiger charge is -2.01. The Labute approximate surface area is 86.5 Å². The van der Waals surface area contributed by atoms with Gasteiger partial charge in [-0.1, -0.05) is 0 Å². The molecule has 0 fully saturated rings. The maximum absolute atomic E-state index is 11.5. The van der Waals surface area contributed by atoms with Crippen LogP contribution in [0.5, 0.6) is 0 Å². The molecule has 2 rings (SSSR count). The largest absolute Gasteiger partial charge is 0.464 e. The molecule has 0 aliphatic rings. The van der Waals surface area contributed by atoms with Crippen LogP contribution in [0.1, 0.15) is 16.2 Å². The number of nitrogen functional groups attached to an aromatic ring is 1. The Kier molecular flexibility index (Phi) is 2.07. The monoisotopic (exact) mass is 205 g/mol. The predicted octanol–water partition coefficient (Wildman–Crippen LogP) is 1.01. The highest BCUT2D eigenvalue weighted by Gasteiger charge is 2.16. The van der Waals surface area contributed by atoms with Crippen LogP contribution in [0.3, 0.4) is 0 Å². The standard InChI is InChI=1S/C10H11N3O2/c1-6-9(10(14)15-2)13-5-7(11)3-4-8(13)12-6/h3-5H,11H2,1-2H3. The molecule has 5 heteroatoms. The summed E-state index contributed by atoms with van der Waals surface area (Å²) in [4.78, 5) is 15.7. The summed E-state index contributed by atoms with van der Waals surface area (Å²) >= 11 is 0. The van der Waals surface area contributed by atoms with Gasteiger partial charge in [-0.15, -0.1) is 0 Å². The van der Waals surface area contributed by atoms with Crippen molar-refractivity contribution in [3.63, 3.8) is 0 Å². The van der Waals surface area contributed by atoms with Crippen LogP contribution in [0.25, 0.3) is 5.65 Å². The van der Waals surface area contributed by atoms with Gasteiger partial charge in [0.2, 0.25) is 0 Å². The molecular formula is C10H11N3O2. The molecule has 0 aliphatic heterocycles. The first-order chi connectivity index (χ1) is 7.13. The fraction of sp³-hybridized carbons (Fsp3) is 0.200. The molecule has 0 aliphatic carbocycles. The molecule has 2 heterocycles. The Bertz CT molecular complexity index is 531. The zero-order valence-corrected chi connectivity index (χ0v) is 8.52. The lowest BCUT2D eigenvalue weighted by molar-refractivity contribution is 0.0592. The molecule has 0 atom stereocenters. The number of carbonyl (C=O) groups is 1. The number of carbonyl (C=O) groups excluding carboxylic acids is 1. The number of nitrogens with zero attached hydrogens (tertiary/aromatic N) is 2. The molecule has 78 valence electrons. The minimum absolute atomic E-state index is 0.411. The minimum Gasteiger partial charge on any atom is -0.464 e. The second-order valence-corrected chi connectivity index (χ2v) is 3.23. The third-order valence-corrected chi connectivity index (χ3v) is 2.19. The van der Waals surface area contributed by atoms with Gasteiger partial charge in [0, 0.05) is 11.9 Å². The van der Waals surface area contributed by atoms with E-state index in [1.54, 1.807) is 29.7 Å². The fourth-order valence-corrected chi connectivity index (χ4v) is 1.52. The van der Waals surface area contributed by atoms with Gasteiger partial charge < -0.3 is 10.5 Å². The van der Waals surface area contributed by atoms with Crippen molar-refractivity contribution in [3.8, 4) is 0 Å². The molecule has 5 nitrogen and oxygen atoms in total. The van der Waals surface area contributed by atoms with Crippen molar-refractivity contribution in [2.45, 2.75) is 6.92 Å². The number of hydrogen-bond acceptors (Lipinski definition) is 4. The van der Waals surface area contributed by atoms with Crippen LogP contribution in [0.4, 0.5) is 5.69 Å². The lowest BCUT2D eigenvalue weighted by Crippen LogP contribution is -2.07. The highest BCUT2D eigenvalue weighted by molar-refractivity contribution is 5.90. The van der Waals surface area contributed by atoms with E-state index in [1.165, 1.54) is 7.11 Å². The second kappa shape index (κ2) is 3.27. The average molecular weight is 205 g/mol. The van der Waals surface area contributed by atoms with E-state index < -0.39 is 5.97 Å². The quantitative estimate of drug-likeness (QED) is 0.705. The van der Waals surface area contributed by atoms with Crippen LogP contribution in [-0.2, 0) is 4.74 Å². The van der Waals surface area contributed by atoms with E-state index in [-0.39, 0.29) is 0 Å². The lowest BCUT2D eigenvalue weighted by atomic mass is 10.3. The molecular weight excluding hydrogens is 194 g/mol. The molecule has 0 aromatic carbocycles. The first-order valence-corrected chi connectivity index (χ1v) is 4.46. The van der Waals surface area contributed by atoms with Crippen LogP contribution in [0, 0.1) is 6.92 Å². The molecule has 2 N–H and O–H groups in total. The number of pyridine rings is 1. The molecule has 0 spiro atoms. The van der Waals surface area contributed by atoms with Gasteiger partial charge in [0.25, 0.3) is 0 Å². The molecule has 0 amide bonds. The smallest absolute Gasteiger partial charge is 0.356 e. The summed E-state index contributed by atoms with van der Waals surface area (Å²) in [5.74, 6) is -0.411. The van der Waals surface area contributed by atoms with Crippen molar-refractivity contribution >= 4 is 17.3 Å². The SMILES string of the molecule is COC(=O)c1c(C)nc2ccc(N)cn12. The number of nitrogens with two attached hydrogens (primary N) is 1. The van der Waals surface area contributed by atoms with E-state index in [0.717, 1.165) is 0 Å². The Morgan fingerprint density at radius 3 is 2.93 bits per heavy atom. The number of esters is 1. The normalized spacial score (nSPS) is 10.5. The average Bonchev–Trinajstić information content (AvgIpc) is 2.52. The fourth-order valence-electron chi connectivity index (χ4n) is 1.52. The molecule has 0 unspecified atom stereocenters. The third-order valence-electron chi connectivity index (χ3n) is 2.19. The number of aryl methyl sites for hydroxylation is 1. The highest BCUT2D eigenvalue weighted by atomic mass is 16.5. The molecule has 0 radical (unpaired) electrons. The molecule has 2 aromatic rings. The Morgan fingerprint density at radius 2 is 2.27 bits per heavy atom. The summed E-state index contributed by atoms with van der Waals surface area (Å²) in [6, 6.07) is 3.50. The van der Waals surface area contributed by atoms with Gasteiger partial charge in [0.05, 0.1) is 12.8 Å². The van der Waals surface area contributed by atoms with Crippen molar-refractivity contribution in [2.24, 2.45) is 0 Å². The summed E-state index contributed by atoms with van der Waals surface area (Å²) < 4.78 is 6.32. The van der Waals surface area contributed by atoms with E-state index >= 15 is 0 Å². The number of aromatic nitrogens is 2. The van der Waals surface area contributed by atoms with Crippen molar-refractivity contribution in [1.29, 1.82) is 0 Å². The highest BCUT2D eigenvalue weighted by Crippen LogP contribution is 2.15. The Balaban J connectivity index is 2.76. The summed E-state index contributed by atoms with van der Waals surface area (Å²) in [6.07, 6.45) is 1.65. The number of hydrogen-bond donors (Lipinski definition) is 1. The number of methoxy groups -OCH3 is 1. The Morgan fingerprint density at radius 1 is 1.53 bits per heavy atom. The van der Waals surface area contributed by atoms with Gasteiger partial charge in [-0.3, -0.25) is 4.40 Å². The summed E-state index contributed by atoms with van der Waals surface area (Å²) in [7, 11) is 1.34. The summed E-state index contributed by atoms with van der Waals surface area (Å²) in [6.45, 7) is 1.76. The van der Waals surface area contributed by atoms with Crippen molar-refractivity contribution in [1.82, 2.24) is 9.38 Å². The predicted molar refractivity (Wildman–Crippen MR) is 55.7 cm³/mol. The minimum atomic E-state index is -0.411. The molecule has 0 saturated carbocycles. The van der Waals surface area contributed by atoms with Crippen LogP contribution in [0.2, 0.25) is 0 Å². The van der Waals surface area contributed by atoms with Crippen LogP contribution >= 0.6 is 0 Å². The molecule has 15 heavy (non-hydrogen) atoms. The van der Waals surface area contributed by atoms with Gasteiger partial charge in [0.1, 0.15) is 5.65 Å². The van der Waals surface area contributed by atoms with E-state index in [1.807, 2.05) is 0 Å². The zero-order valence-electron chi connectivity index (χ0n) is 8.52. The first kappa shape index (κ1) is 9.51. The second-order valence-electron chi connectivity index (χ2n) is 3.23. The Hall–Kier alpha value is -2.04.